The van der Waals surface area contributed by atoms with Crippen LogP contribution in [0.2, 0.25) is 10.0 Å². The van der Waals surface area contributed by atoms with Crippen LogP contribution in [0.25, 0.3) is 0 Å². The summed E-state index contributed by atoms with van der Waals surface area (Å²) in [5, 5.41) is 14.9. The van der Waals surface area contributed by atoms with Gasteiger partial charge in [-0.25, -0.2) is 0 Å². The van der Waals surface area contributed by atoms with E-state index in [-0.39, 0.29) is 5.69 Å². The number of nitro groups is 1. The maximum Gasteiger partial charge on any atom is 0.696 e. The van der Waals surface area contributed by atoms with Crippen LogP contribution in [-0.4, -0.2) is 25.7 Å². The molecule has 0 spiro atoms. The Kier molecular flexibility index (Phi) is 10.7. The monoisotopic (exact) mass is 449 g/mol. The van der Waals surface area contributed by atoms with Crippen molar-refractivity contribution >= 4 is 42.8 Å². The Bertz CT molecular complexity index is 816. The number of nitrogens with zero attached hydrogens (tertiary/aromatic N) is 1. The zero-order valence-corrected chi connectivity index (χ0v) is 17.9. The summed E-state index contributed by atoms with van der Waals surface area (Å²) >= 11 is 11.9. The van der Waals surface area contributed by atoms with Crippen molar-refractivity contribution in [2.24, 2.45) is 0 Å². The topological polar surface area (TPSA) is 99.9 Å². The van der Waals surface area contributed by atoms with E-state index in [0.717, 1.165) is 6.42 Å². The molecule has 0 fully saturated rings. The highest BCUT2D eigenvalue weighted by Crippen LogP contribution is 2.35. The first-order chi connectivity index (χ1) is 13.3. The molecule has 0 amide bonds. The summed E-state index contributed by atoms with van der Waals surface area (Å²) < 4.78 is 23.9. The van der Waals surface area contributed by atoms with Crippen LogP contribution in [0.3, 0.4) is 0 Å². The molecular weight excluding hydrogens is 430 g/mol. The lowest BCUT2D eigenvalue weighted by atomic mass is 10.2. The van der Waals surface area contributed by atoms with Crippen molar-refractivity contribution in [2.75, 3.05) is 26.1 Å². The minimum atomic E-state index is -1.83. The SMILES string of the molecule is CCCNc1cc(Oc2ccc(Cl)cc2Cl)ccc1[N+](=O)[O-].CO[P+](=O)OC. The zero-order valence-electron chi connectivity index (χ0n) is 15.5. The van der Waals surface area contributed by atoms with Gasteiger partial charge in [0.15, 0.2) is 0 Å². The maximum atomic E-state index is 11.0. The standard InChI is InChI=1S/C15H14Cl2N2O3.C2H6O3P/c1-2-7-18-13-9-11(4-5-14(13)19(20)21)22-15-6-3-10(16)8-12(15)17;1-4-6(3)5-2/h3-6,8-9,18H,2,7H2,1H3;1-2H3/q;+1. The second-order valence-corrected chi connectivity index (χ2v) is 7.15. The molecule has 11 heteroatoms. The molecule has 0 aliphatic carbocycles. The third kappa shape index (κ3) is 7.96. The first-order valence-electron chi connectivity index (χ1n) is 8.03. The van der Waals surface area contributed by atoms with Gasteiger partial charge in [0.05, 0.1) is 24.2 Å². The summed E-state index contributed by atoms with van der Waals surface area (Å²) in [6.45, 7) is 2.61. The van der Waals surface area contributed by atoms with Gasteiger partial charge < -0.3 is 10.1 Å². The molecule has 2 rings (SSSR count). The first-order valence-corrected chi connectivity index (χ1v) is 9.88. The fourth-order valence-electron chi connectivity index (χ4n) is 1.90. The molecule has 2 aromatic carbocycles. The normalized spacial score (nSPS) is 9.89. The van der Waals surface area contributed by atoms with Crippen LogP contribution in [0, 0.1) is 10.1 Å². The van der Waals surface area contributed by atoms with Crippen molar-refractivity contribution < 1.29 is 23.3 Å². The molecule has 2 aromatic rings. The summed E-state index contributed by atoms with van der Waals surface area (Å²) in [4.78, 5) is 10.6. The minimum Gasteiger partial charge on any atom is -0.456 e. The predicted molar refractivity (Wildman–Crippen MR) is 110 cm³/mol. The van der Waals surface area contributed by atoms with E-state index >= 15 is 0 Å². The number of halogens is 2. The van der Waals surface area contributed by atoms with E-state index in [2.05, 4.69) is 14.4 Å². The molecule has 152 valence electrons. The lowest BCUT2D eigenvalue weighted by molar-refractivity contribution is -0.384. The first kappa shape index (κ1) is 24.1. The van der Waals surface area contributed by atoms with Crippen LogP contribution in [0.1, 0.15) is 13.3 Å². The van der Waals surface area contributed by atoms with Crippen molar-refractivity contribution in [3.05, 3.63) is 56.6 Å². The Morgan fingerprint density at radius 2 is 1.82 bits per heavy atom. The maximum absolute atomic E-state index is 11.0. The van der Waals surface area contributed by atoms with Crippen molar-refractivity contribution in [1.29, 1.82) is 0 Å². The molecule has 0 radical (unpaired) electrons. The van der Waals surface area contributed by atoms with Crippen molar-refractivity contribution in [2.45, 2.75) is 13.3 Å². The predicted octanol–water partition coefficient (Wildman–Crippen LogP) is 6.45. The number of rotatable bonds is 8. The van der Waals surface area contributed by atoms with Crippen LogP contribution in [-0.2, 0) is 13.6 Å². The minimum absolute atomic E-state index is 0.00278. The van der Waals surface area contributed by atoms with Gasteiger partial charge in [-0.05, 0) is 30.7 Å². The number of hydrogen-bond donors (Lipinski definition) is 1. The highest BCUT2D eigenvalue weighted by Gasteiger charge is 2.15. The Morgan fingerprint density at radius 3 is 2.32 bits per heavy atom. The van der Waals surface area contributed by atoms with E-state index in [1.807, 2.05) is 6.92 Å². The molecule has 8 nitrogen and oxygen atoms in total. The second kappa shape index (κ2) is 12.5. The van der Waals surface area contributed by atoms with Crippen LogP contribution in [0.5, 0.6) is 11.5 Å². The highest BCUT2D eigenvalue weighted by molar-refractivity contribution is 7.33. The smallest absolute Gasteiger partial charge is 0.456 e. The van der Waals surface area contributed by atoms with Crippen LogP contribution >= 0.6 is 31.5 Å². The number of nitrogens with one attached hydrogen (secondary N) is 1. The van der Waals surface area contributed by atoms with Gasteiger partial charge in [-0.3, -0.25) is 10.1 Å². The third-order valence-electron chi connectivity index (χ3n) is 3.15. The lowest BCUT2D eigenvalue weighted by Crippen LogP contribution is -2.03. The highest BCUT2D eigenvalue weighted by atomic mass is 35.5. The van der Waals surface area contributed by atoms with Gasteiger partial charge in [0.25, 0.3) is 5.69 Å². The summed E-state index contributed by atoms with van der Waals surface area (Å²) in [5.41, 5.74) is 0.414. The van der Waals surface area contributed by atoms with E-state index in [9.17, 15) is 14.7 Å². The van der Waals surface area contributed by atoms with E-state index in [1.165, 1.54) is 26.4 Å². The van der Waals surface area contributed by atoms with E-state index < -0.39 is 13.2 Å². The summed E-state index contributed by atoms with van der Waals surface area (Å²) in [6, 6.07) is 9.38. The van der Waals surface area contributed by atoms with Gasteiger partial charge in [0, 0.05) is 28.3 Å². The molecule has 1 N–H and O–H groups in total. The van der Waals surface area contributed by atoms with Gasteiger partial charge in [-0.1, -0.05) is 30.1 Å². The number of benzene rings is 2. The Hall–Kier alpha value is -1.96. The molecule has 0 heterocycles. The van der Waals surface area contributed by atoms with Crippen molar-refractivity contribution in [1.82, 2.24) is 0 Å². The summed E-state index contributed by atoms with van der Waals surface area (Å²) in [7, 11) is 0.817. The quantitative estimate of drug-likeness (QED) is 0.280. The van der Waals surface area contributed by atoms with Crippen molar-refractivity contribution in [3.63, 3.8) is 0 Å². The fraction of sp³-hybridized carbons (Fsp3) is 0.294. The largest absolute Gasteiger partial charge is 0.696 e. The molecule has 28 heavy (non-hydrogen) atoms. The zero-order chi connectivity index (χ0) is 21.1. The number of nitro benzene ring substituents is 1. The molecule has 0 bridgehead atoms. The van der Waals surface area contributed by atoms with Crippen LogP contribution in [0.4, 0.5) is 11.4 Å². The van der Waals surface area contributed by atoms with Gasteiger partial charge in [0.1, 0.15) is 17.2 Å². The van der Waals surface area contributed by atoms with E-state index in [0.29, 0.717) is 33.8 Å². The van der Waals surface area contributed by atoms with Crippen LogP contribution in [0.15, 0.2) is 36.4 Å². The number of hydrogen-bond acceptors (Lipinski definition) is 7. The summed E-state index contributed by atoms with van der Waals surface area (Å²) in [6.07, 6.45) is 0.852. The van der Waals surface area contributed by atoms with Crippen LogP contribution < -0.4 is 10.1 Å². The molecule has 0 aromatic heterocycles. The molecule has 0 saturated heterocycles. The van der Waals surface area contributed by atoms with Gasteiger partial charge in [-0.15, -0.1) is 9.05 Å². The molecular formula is C17H20Cl2N2O6P+. The van der Waals surface area contributed by atoms with Crippen molar-refractivity contribution in [3.8, 4) is 11.5 Å². The fourth-order valence-corrected chi connectivity index (χ4v) is 2.49. The molecule has 0 unspecified atom stereocenters. The second-order valence-electron chi connectivity index (χ2n) is 5.13. The van der Waals surface area contributed by atoms with E-state index in [4.69, 9.17) is 27.9 Å². The molecule has 0 aliphatic heterocycles. The number of ether oxygens (including phenoxy) is 1. The third-order valence-corrected chi connectivity index (χ3v) is 4.28. The van der Waals surface area contributed by atoms with E-state index in [1.54, 1.807) is 24.3 Å². The van der Waals surface area contributed by atoms with Gasteiger partial charge in [-0.2, -0.15) is 0 Å². The average Bonchev–Trinajstić information content (AvgIpc) is 2.68. The molecule has 0 atom stereocenters. The molecule has 0 saturated carbocycles. The average molecular weight is 450 g/mol. The Morgan fingerprint density at radius 1 is 1.14 bits per heavy atom. The Balaban J connectivity index is 0.000000568. The Labute approximate surface area is 173 Å². The molecule has 0 aliphatic rings. The number of anilines is 1. The summed E-state index contributed by atoms with van der Waals surface area (Å²) in [5.74, 6) is 0.884. The van der Waals surface area contributed by atoms with Gasteiger partial charge in [0.2, 0.25) is 0 Å². The van der Waals surface area contributed by atoms with Gasteiger partial charge >= 0.3 is 8.25 Å². The lowest BCUT2D eigenvalue weighted by Gasteiger charge is -2.11.